The number of hydrogen-bond donors (Lipinski definition) is 2. The fraction of sp³-hybridized carbons (Fsp3) is 0.636. The lowest BCUT2D eigenvalue weighted by molar-refractivity contribution is -0.123. The summed E-state index contributed by atoms with van der Waals surface area (Å²) in [6.45, 7) is 5.35. The van der Waals surface area contributed by atoms with Crippen molar-refractivity contribution >= 4 is 5.91 Å². The fourth-order valence-corrected chi connectivity index (χ4v) is 1.52. The highest BCUT2D eigenvalue weighted by molar-refractivity contribution is 5.79. The van der Waals surface area contributed by atoms with E-state index in [1.807, 2.05) is 25.5 Å². The first-order valence-corrected chi connectivity index (χ1v) is 5.63. The second-order valence-electron chi connectivity index (χ2n) is 3.79. The molecular weight excluding hydrogens is 204 g/mol. The number of amides is 1. The molecule has 1 rings (SSSR count). The maximum atomic E-state index is 11.8. The second-order valence-corrected chi connectivity index (χ2v) is 3.79. The zero-order chi connectivity index (χ0) is 12.0. The van der Waals surface area contributed by atoms with E-state index in [0.717, 1.165) is 18.7 Å². The van der Waals surface area contributed by atoms with E-state index >= 15 is 0 Å². The smallest absolute Gasteiger partial charge is 0.242 e. The molecule has 1 unspecified atom stereocenters. The molecule has 2 N–H and O–H groups in total. The molecule has 0 aliphatic heterocycles. The largest absolute Gasteiger partial charge is 0.354 e. The number of nitrogens with one attached hydrogen (secondary N) is 2. The van der Waals surface area contributed by atoms with Crippen LogP contribution in [0.1, 0.15) is 32.0 Å². The average Bonchev–Trinajstić information content (AvgIpc) is 2.73. The monoisotopic (exact) mass is 224 g/mol. The number of imidazole rings is 1. The SMILES string of the molecule is CCCNC(=O)C(C)n1cncc1CNC. The van der Waals surface area contributed by atoms with Crippen molar-refractivity contribution in [3.05, 3.63) is 18.2 Å². The highest BCUT2D eigenvalue weighted by Gasteiger charge is 2.16. The lowest BCUT2D eigenvalue weighted by Gasteiger charge is -2.16. The lowest BCUT2D eigenvalue weighted by atomic mass is 10.3. The number of nitrogens with zero attached hydrogens (tertiary/aromatic N) is 2. The Morgan fingerprint density at radius 2 is 2.38 bits per heavy atom. The van der Waals surface area contributed by atoms with Gasteiger partial charge in [-0.15, -0.1) is 0 Å². The van der Waals surface area contributed by atoms with Crippen LogP contribution in [-0.4, -0.2) is 29.1 Å². The van der Waals surface area contributed by atoms with Crippen molar-refractivity contribution in [3.63, 3.8) is 0 Å². The number of hydrogen-bond acceptors (Lipinski definition) is 3. The van der Waals surface area contributed by atoms with Crippen LogP contribution < -0.4 is 10.6 Å². The van der Waals surface area contributed by atoms with Crippen LogP contribution in [0.3, 0.4) is 0 Å². The molecule has 1 heterocycles. The summed E-state index contributed by atoms with van der Waals surface area (Å²) in [5.41, 5.74) is 1.02. The standard InChI is InChI=1S/C11H20N4O/c1-4-5-14-11(16)9(2)15-8-13-7-10(15)6-12-3/h7-9,12H,4-6H2,1-3H3,(H,14,16). The van der Waals surface area contributed by atoms with Crippen LogP contribution >= 0.6 is 0 Å². The van der Waals surface area contributed by atoms with Crippen LogP contribution in [0.25, 0.3) is 0 Å². The molecule has 16 heavy (non-hydrogen) atoms. The Bertz CT molecular complexity index is 334. The Balaban J connectivity index is 2.67. The average molecular weight is 224 g/mol. The maximum Gasteiger partial charge on any atom is 0.242 e. The summed E-state index contributed by atoms with van der Waals surface area (Å²) >= 11 is 0. The first-order valence-electron chi connectivity index (χ1n) is 5.63. The van der Waals surface area contributed by atoms with Crippen LogP contribution in [0.15, 0.2) is 12.5 Å². The van der Waals surface area contributed by atoms with Gasteiger partial charge in [-0.05, 0) is 20.4 Å². The van der Waals surface area contributed by atoms with Gasteiger partial charge in [0.15, 0.2) is 0 Å². The third kappa shape index (κ3) is 3.06. The summed E-state index contributed by atoms with van der Waals surface area (Å²) in [6, 6.07) is -0.211. The van der Waals surface area contributed by atoms with E-state index in [2.05, 4.69) is 15.6 Å². The minimum atomic E-state index is -0.211. The Morgan fingerprint density at radius 1 is 1.62 bits per heavy atom. The molecule has 1 aromatic rings. The molecule has 1 aromatic heterocycles. The number of carbonyl (C=O) groups excluding carboxylic acids is 1. The Morgan fingerprint density at radius 3 is 3.00 bits per heavy atom. The lowest BCUT2D eigenvalue weighted by Crippen LogP contribution is -2.32. The predicted molar refractivity (Wildman–Crippen MR) is 63.0 cm³/mol. The molecule has 0 saturated carbocycles. The summed E-state index contributed by atoms with van der Waals surface area (Å²) in [5.74, 6) is 0.0391. The van der Waals surface area contributed by atoms with Crippen molar-refractivity contribution in [1.82, 2.24) is 20.2 Å². The molecule has 0 spiro atoms. The van der Waals surface area contributed by atoms with Crippen LogP contribution in [-0.2, 0) is 11.3 Å². The molecule has 0 bridgehead atoms. The van der Waals surface area contributed by atoms with Gasteiger partial charge in [-0.2, -0.15) is 0 Å². The van der Waals surface area contributed by atoms with Gasteiger partial charge in [-0.25, -0.2) is 4.98 Å². The molecule has 1 atom stereocenters. The van der Waals surface area contributed by atoms with Gasteiger partial charge >= 0.3 is 0 Å². The van der Waals surface area contributed by atoms with E-state index in [9.17, 15) is 4.79 Å². The summed E-state index contributed by atoms with van der Waals surface area (Å²) in [6.07, 6.45) is 4.43. The molecule has 90 valence electrons. The molecule has 1 amide bonds. The summed E-state index contributed by atoms with van der Waals surface area (Å²) in [4.78, 5) is 15.8. The van der Waals surface area contributed by atoms with Crippen LogP contribution in [0.4, 0.5) is 0 Å². The van der Waals surface area contributed by atoms with E-state index in [4.69, 9.17) is 0 Å². The van der Waals surface area contributed by atoms with Gasteiger partial charge < -0.3 is 15.2 Å². The number of carbonyl (C=O) groups is 1. The van der Waals surface area contributed by atoms with Crippen LogP contribution in [0.5, 0.6) is 0 Å². The normalized spacial score (nSPS) is 12.4. The molecule has 0 aliphatic carbocycles. The molecule has 0 radical (unpaired) electrons. The summed E-state index contributed by atoms with van der Waals surface area (Å²) in [5, 5.41) is 5.94. The fourth-order valence-electron chi connectivity index (χ4n) is 1.52. The van der Waals surface area contributed by atoms with Gasteiger partial charge in [0, 0.05) is 19.3 Å². The van der Waals surface area contributed by atoms with Crippen molar-refractivity contribution < 1.29 is 4.79 Å². The van der Waals surface area contributed by atoms with E-state index in [0.29, 0.717) is 6.54 Å². The Kier molecular flexibility index (Phi) is 4.98. The number of rotatable bonds is 6. The third-order valence-corrected chi connectivity index (χ3v) is 2.45. The highest BCUT2D eigenvalue weighted by atomic mass is 16.2. The third-order valence-electron chi connectivity index (χ3n) is 2.45. The van der Waals surface area contributed by atoms with Crippen molar-refractivity contribution in [2.24, 2.45) is 0 Å². The first kappa shape index (κ1) is 12.7. The topological polar surface area (TPSA) is 59.0 Å². The van der Waals surface area contributed by atoms with Gasteiger partial charge in [-0.1, -0.05) is 6.92 Å². The predicted octanol–water partition coefficient (Wildman–Crippen LogP) is 0.690. The molecule has 0 fully saturated rings. The molecule has 0 aliphatic rings. The molecular formula is C11H20N4O. The molecule has 5 nitrogen and oxygen atoms in total. The van der Waals surface area contributed by atoms with Crippen molar-refractivity contribution in [3.8, 4) is 0 Å². The van der Waals surface area contributed by atoms with Crippen LogP contribution in [0.2, 0.25) is 0 Å². The van der Waals surface area contributed by atoms with E-state index in [1.54, 1.807) is 12.5 Å². The van der Waals surface area contributed by atoms with Crippen LogP contribution in [0, 0.1) is 0 Å². The first-order chi connectivity index (χ1) is 7.70. The minimum absolute atomic E-state index is 0.0391. The highest BCUT2D eigenvalue weighted by Crippen LogP contribution is 2.09. The van der Waals surface area contributed by atoms with Gasteiger partial charge in [0.2, 0.25) is 5.91 Å². The zero-order valence-electron chi connectivity index (χ0n) is 10.2. The number of aromatic nitrogens is 2. The zero-order valence-corrected chi connectivity index (χ0v) is 10.2. The summed E-state index contributed by atoms with van der Waals surface area (Å²) < 4.78 is 1.89. The van der Waals surface area contributed by atoms with Gasteiger partial charge in [0.05, 0.1) is 12.0 Å². The maximum absolute atomic E-state index is 11.8. The summed E-state index contributed by atoms with van der Waals surface area (Å²) in [7, 11) is 1.87. The van der Waals surface area contributed by atoms with Crippen molar-refractivity contribution in [1.29, 1.82) is 0 Å². The van der Waals surface area contributed by atoms with Gasteiger partial charge in [0.25, 0.3) is 0 Å². The molecule has 0 saturated heterocycles. The second kappa shape index (κ2) is 6.27. The molecule has 0 aromatic carbocycles. The van der Waals surface area contributed by atoms with Gasteiger partial charge in [-0.3, -0.25) is 4.79 Å². The Hall–Kier alpha value is -1.36. The Labute approximate surface area is 96.3 Å². The van der Waals surface area contributed by atoms with E-state index < -0.39 is 0 Å². The minimum Gasteiger partial charge on any atom is -0.354 e. The van der Waals surface area contributed by atoms with E-state index in [1.165, 1.54) is 0 Å². The molecule has 5 heteroatoms. The van der Waals surface area contributed by atoms with Gasteiger partial charge in [0.1, 0.15) is 6.04 Å². The van der Waals surface area contributed by atoms with E-state index in [-0.39, 0.29) is 11.9 Å². The van der Waals surface area contributed by atoms with Crippen molar-refractivity contribution in [2.45, 2.75) is 32.9 Å². The van der Waals surface area contributed by atoms with Crippen molar-refractivity contribution in [2.75, 3.05) is 13.6 Å². The quantitative estimate of drug-likeness (QED) is 0.747.